The molecule has 0 aromatic carbocycles. The summed E-state index contributed by atoms with van der Waals surface area (Å²) >= 11 is 0. The predicted octanol–water partition coefficient (Wildman–Crippen LogP) is 1.57. The zero-order valence-electron chi connectivity index (χ0n) is 13.0. The molecule has 2 saturated heterocycles. The van der Waals surface area contributed by atoms with E-state index in [0.717, 1.165) is 38.3 Å². The van der Waals surface area contributed by atoms with E-state index < -0.39 is 10.2 Å². The molecule has 0 amide bonds. The van der Waals surface area contributed by atoms with Crippen molar-refractivity contribution < 1.29 is 8.42 Å². The van der Waals surface area contributed by atoms with Gasteiger partial charge in [0.15, 0.2) is 0 Å². The monoisotopic (exact) mass is 315 g/mol. The summed E-state index contributed by atoms with van der Waals surface area (Å²) in [5.74, 6) is 0.654. The quantitative estimate of drug-likeness (QED) is 0.838. The number of rotatable bonds is 5. The number of hydrogen-bond donors (Lipinski definition) is 1. The van der Waals surface area contributed by atoms with Gasteiger partial charge in [-0.15, -0.1) is 0 Å². The van der Waals surface area contributed by atoms with Crippen LogP contribution in [0.15, 0.2) is 0 Å². The minimum Gasteiger partial charge on any atom is -0.314 e. The maximum Gasteiger partial charge on any atom is 0.281 e. The average Bonchev–Trinajstić information content (AvgIpc) is 3.32. The van der Waals surface area contributed by atoms with Gasteiger partial charge in [-0.3, -0.25) is 0 Å². The molecule has 1 aliphatic carbocycles. The smallest absolute Gasteiger partial charge is 0.281 e. The number of hydrogen-bond acceptors (Lipinski definition) is 3. The minimum atomic E-state index is -3.20. The lowest BCUT2D eigenvalue weighted by Gasteiger charge is -2.34. The van der Waals surface area contributed by atoms with Crippen LogP contribution in [0.2, 0.25) is 0 Å². The van der Waals surface area contributed by atoms with Gasteiger partial charge in [0.2, 0.25) is 0 Å². The topological polar surface area (TPSA) is 52.7 Å². The molecule has 0 atom stereocenters. The summed E-state index contributed by atoms with van der Waals surface area (Å²) in [5.41, 5.74) is 0. The molecule has 0 spiro atoms. The van der Waals surface area contributed by atoms with E-state index >= 15 is 0 Å². The van der Waals surface area contributed by atoms with Crippen LogP contribution >= 0.6 is 0 Å². The largest absolute Gasteiger partial charge is 0.314 e. The fourth-order valence-electron chi connectivity index (χ4n) is 3.40. The third-order valence-corrected chi connectivity index (χ3v) is 7.10. The molecule has 2 heterocycles. The molecular formula is C15H29N3O2S. The Morgan fingerprint density at radius 2 is 1.38 bits per heavy atom. The maximum absolute atomic E-state index is 12.7. The first kappa shape index (κ1) is 15.7. The molecule has 0 bridgehead atoms. The number of piperidine rings is 1. The molecule has 0 aromatic heterocycles. The summed E-state index contributed by atoms with van der Waals surface area (Å²) in [6, 6.07) is 0.754. The molecule has 3 fully saturated rings. The zero-order chi connectivity index (χ0) is 14.7. The van der Waals surface area contributed by atoms with E-state index in [9.17, 15) is 8.42 Å². The van der Waals surface area contributed by atoms with Crippen LogP contribution in [0, 0.1) is 5.92 Å². The molecule has 3 rings (SSSR count). The Morgan fingerprint density at radius 3 is 1.95 bits per heavy atom. The minimum absolute atomic E-state index is 0.654. The van der Waals surface area contributed by atoms with Crippen molar-refractivity contribution in [3.8, 4) is 0 Å². The second kappa shape index (κ2) is 6.94. The molecule has 0 radical (unpaired) electrons. The van der Waals surface area contributed by atoms with Gasteiger partial charge in [0.1, 0.15) is 0 Å². The molecule has 3 aliphatic rings. The van der Waals surface area contributed by atoms with Gasteiger partial charge >= 0.3 is 0 Å². The van der Waals surface area contributed by atoms with Crippen molar-refractivity contribution >= 4 is 10.2 Å². The highest BCUT2D eigenvalue weighted by atomic mass is 32.2. The van der Waals surface area contributed by atoms with Crippen LogP contribution in [0.3, 0.4) is 0 Å². The van der Waals surface area contributed by atoms with Crippen LogP contribution in [-0.2, 0) is 10.2 Å². The fourth-order valence-corrected chi connectivity index (χ4v) is 5.12. The number of nitrogens with zero attached hydrogens (tertiary/aromatic N) is 2. The first-order valence-electron chi connectivity index (χ1n) is 8.65. The van der Waals surface area contributed by atoms with E-state index in [1.807, 2.05) is 0 Å². The van der Waals surface area contributed by atoms with E-state index in [1.54, 1.807) is 8.61 Å². The Bertz CT molecular complexity index is 420. The summed E-state index contributed by atoms with van der Waals surface area (Å²) in [6.07, 6.45) is 9.02. The summed E-state index contributed by atoms with van der Waals surface area (Å²) < 4.78 is 28.9. The van der Waals surface area contributed by atoms with Crippen molar-refractivity contribution in [3.63, 3.8) is 0 Å². The average molecular weight is 315 g/mol. The molecule has 21 heavy (non-hydrogen) atoms. The maximum atomic E-state index is 12.7. The third kappa shape index (κ3) is 4.18. The van der Waals surface area contributed by atoms with Gasteiger partial charge in [-0.1, -0.05) is 12.8 Å². The Labute approximate surface area is 129 Å². The van der Waals surface area contributed by atoms with Crippen molar-refractivity contribution in [1.29, 1.82) is 0 Å². The normalized spacial score (nSPS) is 27.6. The van der Waals surface area contributed by atoms with Gasteiger partial charge in [-0.25, -0.2) is 0 Å². The van der Waals surface area contributed by atoms with E-state index in [4.69, 9.17) is 0 Å². The molecule has 2 aliphatic heterocycles. The Hall–Kier alpha value is -0.170. The Balaban J connectivity index is 1.49. The molecule has 6 heteroatoms. The molecule has 1 N–H and O–H groups in total. The Kier molecular flexibility index (Phi) is 5.19. The van der Waals surface area contributed by atoms with Crippen LogP contribution in [0.4, 0.5) is 0 Å². The van der Waals surface area contributed by atoms with Gasteiger partial charge in [0.25, 0.3) is 10.2 Å². The second-order valence-electron chi connectivity index (χ2n) is 6.85. The van der Waals surface area contributed by atoms with Crippen molar-refractivity contribution in [3.05, 3.63) is 0 Å². The first-order valence-corrected chi connectivity index (χ1v) is 10.0. The van der Waals surface area contributed by atoms with Crippen molar-refractivity contribution in [2.45, 2.75) is 57.4 Å². The lowest BCUT2D eigenvalue weighted by atomic mass is 9.98. The number of nitrogens with one attached hydrogen (secondary N) is 1. The van der Waals surface area contributed by atoms with Crippen LogP contribution in [0.1, 0.15) is 51.4 Å². The van der Waals surface area contributed by atoms with Crippen molar-refractivity contribution in [1.82, 2.24) is 13.9 Å². The van der Waals surface area contributed by atoms with Gasteiger partial charge in [0, 0.05) is 32.2 Å². The van der Waals surface area contributed by atoms with Crippen LogP contribution in [0.25, 0.3) is 0 Å². The summed E-state index contributed by atoms with van der Waals surface area (Å²) in [7, 11) is -3.20. The van der Waals surface area contributed by atoms with Gasteiger partial charge in [-0.2, -0.15) is 17.0 Å². The SMILES string of the molecule is O=S(=O)(N1CCCCCC1)N1CCC(CNC2CC2)CC1. The molecule has 5 nitrogen and oxygen atoms in total. The molecule has 122 valence electrons. The van der Waals surface area contributed by atoms with E-state index in [1.165, 1.54) is 25.7 Å². The summed E-state index contributed by atoms with van der Waals surface area (Å²) in [5, 5.41) is 3.57. The molecule has 0 aromatic rings. The highest BCUT2D eigenvalue weighted by Crippen LogP contribution is 2.24. The zero-order valence-corrected chi connectivity index (χ0v) is 13.8. The van der Waals surface area contributed by atoms with E-state index in [0.29, 0.717) is 32.1 Å². The highest BCUT2D eigenvalue weighted by molar-refractivity contribution is 7.86. The van der Waals surface area contributed by atoms with Gasteiger partial charge in [-0.05, 0) is 51.0 Å². The summed E-state index contributed by atoms with van der Waals surface area (Å²) in [4.78, 5) is 0. The predicted molar refractivity (Wildman–Crippen MR) is 84.3 cm³/mol. The first-order chi connectivity index (χ1) is 10.2. The lowest BCUT2D eigenvalue weighted by Crippen LogP contribution is -2.48. The highest BCUT2D eigenvalue weighted by Gasteiger charge is 2.33. The standard InChI is InChI=1S/C15H29N3O2S/c19-21(20,17-9-3-1-2-4-10-17)18-11-7-14(8-12-18)13-16-15-5-6-15/h14-16H,1-13H2. The van der Waals surface area contributed by atoms with Crippen molar-refractivity contribution in [2.75, 3.05) is 32.7 Å². The Morgan fingerprint density at radius 1 is 0.810 bits per heavy atom. The molecule has 0 unspecified atom stereocenters. The summed E-state index contributed by atoms with van der Waals surface area (Å²) in [6.45, 7) is 3.91. The second-order valence-corrected chi connectivity index (χ2v) is 8.77. The van der Waals surface area contributed by atoms with Gasteiger partial charge < -0.3 is 5.32 Å². The van der Waals surface area contributed by atoms with E-state index in [-0.39, 0.29) is 0 Å². The fraction of sp³-hybridized carbons (Fsp3) is 1.00. The lowest BCUT2D eigenvalue weighted by molar-refractivity contribution is 0.249. The van der Waals surface area contributed by atoms with E-state index in [2.05, 4.69) is 5.32 Å². The third-order valence-electron chi connectivity index (χ3n) is 5.06. The molecule has 1 saturated carbocycles. The molecular weight excluding hydrogens is 286 g/mol. The van der Waals surface area contributed by atoms with Crippen LogP contribution < -0.4 is 5.32 Å². The van der Waals surface area contributed by atoms with Crippen LogP contribution in [-0.4, -0.2) is 55.8 Å². The van der Waals surface area contributed by atoms with Crippen molar-refractivity contribution in [2.24, 2.45) is 5.92 Å². The van der Waals surface area contributed by atoms with Crippen LogP contribution in [0.5, 0.6) is 0 Å². The van der Waals surface area contributed by atoms with Gasteiger partial charge in [0.05, 0.1) is 0 Å².